The Kier molecular flexibility index (Phi) is 7.14. The summed E-state index contributed by atoms with van der Waals surface area (Å²) in [6.07, 6.45) is 1.93. The average molecular weight is 395 g/mol. The number of hydrogen-bond acceptors (Lipinski definition) is 5. The molecule has 0 aliphatic heterocycles. The highest BCUT2D eigenvalue weighted by Gasteiger charge is 2.13. The number of carbonyl (C=O) groups excluding carboxylic acids is 2. The molecular formula is C21H21N3O3S. The Bertz CT molecular complexity index is 898. The van der Waals surface area contributed by atoms with E-state index in [2.05, 4.69) is 28.0 Å². The molecule has 2 aromatic carbocycles. The van der Waals surface area contributed by atoms with Gasteiger partial charge in [-0.15, -0.1) is 11.3 Å². The summed E-state index contributed by atoms with van der Waals surface area (Å²) < 4.78 is 5.06. The molecule has 1 aromatic heterocycles. The largest absolute Gasteiger partial charge is 0.448 e. The number of nitrogens with zero attached hydrogens (tertiary/aromatic N) is 1. The number of thiazole rings is 1. The minimum absolute atomic E-state index is 0.243. The number of amides is 2. The molecule has 2 amide bonds. The van der Waals surface area contributed by atoms with Crippen LogP contribution in [-0.4, -0.2) is 23.6 Å². The van der Waals surface area contributed by atoms with Gasteiger partial charge in [0.15, 0.2) is 0 Å². The molecular weight excluding hydrogens is 374 g/mol. The molecule has 1 heterocycles. The van der Waals surface area contributed by atoms with E-state index in [0.29, 0.717) is 6.61 Å². The number of nitrogens with one attached hydrogen (secondary N) is 2. The van der Waals surface area contributed by atoms with E-state index in [9.17, 15) is 9.59 Å². The number of rotatable bonds is 7. The molecule has 0 saturated heterocycles. The van der Waals surface area contributed by atoms with E-state index >= 15 is 0 Å². The van der Waals surface area contributed by atoms with E-state index in [1.807, 2.05) is 48.5 Å². The van der Waals surface area contributed by atoms with Crippen LogP contribution in [0.1, 0.15) is 28.9 Å². The lowest BCUT2D eigenvalue weighted by Gasteiger charge is -2.07. The third kappa shape index (κ3) is 5.92. The number of carbonyl (C=O) groups is 2. The first-order valence-electron chi connectivity index (χ1n) is 9.00. The Morgan fingerprint density at radius 1 is 0.929 bits per heavy atom. The Morgan fingerprint density at radius 3 is 2.39 bits per heavy atom. The van der Waals surface area contributed by atoms with Crippen molar-refractivity contribution in [1.82, 2.24) is 15.8 Å². The molecule has 3 aromatic rings. The van der Waals surface area contributed by atoms with Crippen LogP contribution in [0.2, 0.25) is 0 Å². The maximum absolute atomic E-state index is 12.1. The number of hydrazine groups is 1. The number of benzene rings is 2. The van der Waals surface area contributed by atoms with Crippen molar-refractivity contribution in [3.8, 4) is 10.6 Å². The zero-order valence-corrected chi connectivity index (χ0v) is 16.1. The van der Waals surface area contributed by atoms with Gasteiger partial charge in [-0.1, -0.05) is 60.7 Å². The molecule has 6 nitrogen and oxygen atoms in total. The summed E-state index contributed by atoms with van der Waals surface area (Å²) in [6, 6.07) is 19.7. The molecule has 0 aliphatic rings. The molecule has 0 radical (unpaired) electrons. The predicted octanol–water partition coefficient (Wildman–Crippen LogP) is 4.20. The number of aromatic nitrogens is 1. The number of unbranched alkanes of at least 4 members (excludes halogenated alkanes) is 1. The van der Waals surface area contributed by atoms with Crippen LogP contribution in [0.4, 0.5) is 4.79 Å². The molecule has 7 heteroatoms. The fraction of sp³-hybridized carbons (Fsp3) is 0.190. The summed E-state index contributed by atoms with van der Waals surface area (Å²) in [5, 5.41) is 2.39. The molecule has 0 unspecified atom stereocenters. The van der Waals surface area contributed by atoms with E-state index in [4.69, 9.17) is 4.74 Å². The van der Waals surface area contributed by atoms with Crippen LogP contribution in [0.5, 0.6) is 0 Å². The van der Waals surface area contributed by atoms with E-state index in [1.165, 1.54) is 16.9 Å². The van der Waals surface area contributed by atoms with Crippen molar-refractivity contribution in [2.75, 3.05) is 6.61 Å². The molecule has 144 valence electrons. The lowest BCUT2D eigenvalue weighted by molar-refractivity contribution is 0.0904. The van der Waals surface area contributed by atoms with E-state index in [1.54, 1.807) is 5.38 Å². The fourth-order valence-corrected chi connectivity index (χ4v) is 3.35. The van der Waals surface area contributed by atoms with Gasteiger partial charge in [0.2, 0.25) is 0 Å². The maximum atomic E-state index is 12.1. The first-order valence-corrected chi connectivity index (χ1v) is 9.88. The molecule has 0 fully saturated rings. The summed E-state index contributed by atoms with van der Waals surface area (Å²) in [5.74, 6) is -0.487. The van der Waals surface area contributed by atoms with Crippen molar-refractivity contribution < 1.29 is 14.3 Å². The van der Waals surface area contributed by atoms with Crippen LogP contribution < -0.4 is 10.9 Å². The monoisotopic (exact) mass is 395 g/mol. The first-order chi connectivity index (χ1) is 13.7. The van der Waals surface area contributed by atoms with Crippen molar-refractivity contribution >= 4 is 23.3 Å². The van der Waals surface area contributed by atoms with Crippen LogP contribution >= 0.6 is 11.3 Å². The third-order valence-electron chi connectivity index (χ3n) is 3.97. The maximum Gasteiger partial charge on any atom is 0.426 e. The molecule has 0 saturated carbocycles. The zero-order chi connectivity index (χ0) is 19.6. The van der Waals surface area contributed by atoms with Gasteiger partial charge in [0.25, 0.3) is 5.91 Å². The van der Waals surface area contributed by atoms with Gasteiger partial charge in [-0.25, -0.2) is 15.2 Å². The highest BCUT2D eigenvalue weighted by atomic mass is 32.1. The van der Waals surface area contributed by atoms with Gasteiger partial charge in [-0.05, 0) is 24.8 Å². The van der Waals surface area contributed by atoms with Crippen LogP contribution in [0, 0.1) is 0 Å². The highest BCUT2D eigenvalue weighted by molar-refractivity contribution is 7.13. The van der Waals surface area contributed by atoms with Gasteiger partial charge in [-0.3, -0.25) is 10.2 Å². The molecule has 0 atom stereocenters. The second-order valence-electron chi connectivity index (χ2n) is 6.06. The van der Waals surface area contributed by atoms with Crippen molar-refractivity contribution in [2.24, 2.45) is 0 Å². The van der Waals surface area contributed by atoms with Gasteiger partial charge in [-0.2, -0.15) is 0 Å². The summed E-state index contributed by atoms with van der Waals surface area (Å²) in [7, 11) is 0. The Labute approximate surface area is 167 Å². The first kappa shape index (κ1) is 19.6. The van der Waals surface area contributed by atoms with Gasteiger partial charge >= 0.3 is 6.09 Å². The molecule has 2 N–H and O–H groups in total. The van der Waals surface area contributed by atoms with Crippen LogP contribution in [0.25, 0.3) is 10.6 Å². The van der Waals surface area contributed by atoms with Gasteiger partial charge < -0.3 is 4.74 Å². The lowest BCUT2D eigenvalue weighted by Crippen LogP contribution is -2.42. The molecule has 0 bridgehead atoms. The molecule has 3 rings (SSSR count). The predicted molar refractivity (Wildman–Crippen MR) is 109 cm³/mol. The number of hydrogen-bond donors (Lipinski definition) is 2. The average Bonchev–Trinajstić information content (AvgIpc) is 3.23. The third-order valence-corrected chi connectivity index (χ3v) is 4.86. The SMILES string of the molecule is O=C(NNC(=O)c1csc(-c2ccccc2)n1)OCCCCc1ccccc1. The Balaban J connectivity index is 1.34. The van der Waals surface area contributed by atoms with E-state index in [-0.39, 0.29) is 5.69 Å². The smallest absolute Gasteiger partial charge is 0.426 e. The van der Waals surface area contributed by atoms with Crippen molar-refractivity contribution in [3.05, 3.63) is 77.3 Å². The van der Waals surface area contributed by atoms with Gasteiger partial charge in [0.05, 0.1) is 6.61 Å². The van der Waals surface area contributed by atoms with Crippen LogP contribution in [-0.2, 0) is 11.2 Å². The number of aryl methyl sites for hydroxylation is 1. The van der Waals surface area contributed by atoms with E-state index < -0.39 is 12.0 Å². The highest BCUT2D eigenvalue weighted by Crippen LogP contribution is 2.23. The zero-order valence-electron chi connectivity index (χ0n) is 15.3. The Morgan fingerprint density at radius 2 is 1.64 bits per heavy atom. The summed E-state index contributed by atoms with van der Waals surface area (Å²) in [6.45, 7) is 0.295. The molecule has 0 spiro atoms. The summed E-state index contributed by atoms with van der Waals surface area (Å²) in [4.78, 5) is 28.1. The van der Waals surface area contributed by atoms with Crippen molar-refractivity contribution in [2.45, 2.75) is 19.3 Å². The second-order valence-corrected chi connectivity index (χ2v) is 6.92. The quantitative estimate of drug-likeness (QED) is 0.464. The Hall–Kier alpha value is -3.19. The summed E-state index contributed by atoms with van der Waals surface area (Å²) >= 11 is 1.37. The molecule has 28 heavy (non-hydrogen) atoms. The topological polar surface area (TPSA) is 80.3 Å². The van der Waals surface area contributed by atoms with Gasteiger partial charge in [0.1, 0.15) is 10.7 Å². The second kappa shape index (κ2) is 10.2. The minimum atomic E-state index is -0.688. The van der Waals surface area contributed by atoms with E-state index in [0.717, 1.165) is 29.8 Å². The van der Waals surface area contributed by atoms with Crippen LogP contribution in [0.15, 0.2) is 66.0 Å². The van der Waals surface area contributed by atoms with Gasteiger partial charge in [0, 0.05) is 10.9 Å². The van der Waals surface area contributed by atoms with Crippen molar-refractivity contribution in [3.63, 3.8) is 0 Å². The van der Waals surface area contributed by atoms with Crippen molar-refractivity contribution in [1.29, 1.82) is 0 Å². The summed E-state index contributed by atoms with van der Waals surface area (Å²) in [5.41, 5.74) is 7.00. The minimum Gasteiger partial charge on any atom is -0.448 e. The fourth-order valence-electron chi connectivity index (χ4n) is 2.54. The number of ether oxygens (including phenoxy) is 1. The molecule has 0 aliphatic carbocycles. The van der Waals surface area contributed by atoms with Crippen LogP contribution in [0.3, 0.4) is 0 Å². The normalized spacial score (nSPS) is 10.3. The lowest BCUT2D eigenvalue weighted by atomic mass is 10.1. The standard InChI is InChI=1S/C21H21N3O3S/c25-19(18-15-28-20(22-18)17-12-5-2-6-13-17)23-24-21(26)27-14-8-7-11-16-9-3-1-4-10-16/h1-6,9-10,12-13,15H,7-8,11,14H2,(H,23,25)(H,24,26).